The smallest absolute Gasteiger partial charge is 0.261 e. The second-order valence-corrected chi connectivity index (χ2v) is 7.48. The molecule has 1 fully saturated rings. The molecule has 116 valence electrons. The van der Waals surface area contributed by atoms with Gasteiger partial charge in [-0.15, -0.1) is 11.3 Å². The number of carbonyl (C=O) groups is 1. The van der Waals surface area contributed by atoms with Gasteiger partial charge in [0.2, 0.25) is 0 Å². The topological polar surface area (TPSA) is 38.3 Å². The molecule has 1 aromatic heterocycles. The van der Waals surface area contributed by atoms with Crippen molar-refractivity contribution in [3.8, 4) is 10.4 Å². The van der Waals surface area contributed by atoms with E-state index in [9.17, 15) is 4.79 Å². The third-order valence-corrected chi connectivity index (χ3v) is 5.50. The number of nitrogens with one attached hydrogen (secondary N) is 1. The highest BCUT2D eigenvalue weighted by Crippen LogP contribution is 2.29. The summed E-state index contributed by atoms with van der Waals surface area (Å²) in [5, 5.41) is 3.05. The maximum absolute atomic E-state index is 12.3. The molecule has 1 aliphatic heterocycles. The molecule has 3 rings (SSSR count). The Morgan fingerprint density at radius 2 is 2.09 bits per heavy atom. The Bertz CT molecular complexity index is 647. The first-order valence-electron chi connectivity index (χ1n) is 7.42. The van der Waals surface area contributed by atoms with Crippen LogP contribution in [0.4, 0.5) is 0 Å². The van der Waals surface area contributed by atoms with Crippen molar-refractivity contribution < 1.29 is 9.53 Å². The Balaban J connectivity index is 1.67. The highest BCUT2D eigenvalue weighted by atomic mass is 79.9. The molecule has 3 nitrogen and oxygen atoms in total. The summed E-state index contributed by atoms with van der Waals surface area (Å²) in [6, 6.07) is 12.1. The fourth-order valence-corrected chi connectivity index (χ4v) is 3.78. The maximum Gasteiger partial charge on any atom is 0.261 e. The number of hydrogen-bond acceptors (Lipinski definition) is 3. The molecular weight excluding hydrogens is 362 g/mol. The lowest BCUT2D eigenvalue weighted by atomic mass is 10.1. The van der Waals surface area contributed by atoms with Gasteiger partial charge < -0.3 is 10.1 Å². The van der Waals surface area contributed by atoms with E-state index in [4.69, 9.17) is 4.74 Å². The van der Waals surface area contributed by atoms with Crippen LogP contribution in [0.1, 0.15) is 29.4 Å². The average molecular weight is 380 g/mol. The second-order valence-electron chi connectivity index (χ2n) is 5.48. The molecule has 2 atom stereocenters. The van der Waals surface area contributed by atoms with E-state index in [1.54, 1.807) is 0 Å². The highest BCUT2D eigenvalue weighted by Gasteiger charge is 2.24. The van der Waals surface area contributed by atoms with Gasteiger partial charge in [-0.1, -0.05) is 28.1 Å². The summed E-state index contributed by atoms with van der Waals surface area (Å²) in [6.07, 6.45) is 2.25. The van der Waals surface area contributed by atoms with Crippen molar-refractivity contribution >= 4 is 33.2 Å². The first-order chi connectivity index (χ1) is 10.6. The number of amides is 1. The molecule has 2 unspecified atom stereocenters. The second kappa shape index (κ2) is 6.94. The van der Waals surface area contributed by atoms with E-state index < -0.39 is 0 Å². The van der Waals surface area contributed by atoms with Gasteiger partial charge in [-0.2, -0.15) is 0 Å². The number of rotatable bonds is 4. The number of ether oxygens (including phenoxy) is 1. The molecule has 0 saturated carbocycles. The molecule has 1 N–H and O–H groups in total. The summed E-state index contributed by atoms with van der Waals surface area (Å²) in [4.78, 5) is 14.2. The van der Waals surface area contributed by atoms with E-state index in [2.05, 4.69) is 21.2 Å². The Labute approximate surface area is 142 Å². The molecule has 1 aromatic carbocycles. The fraction of sp³-hybridized carbons (Fsp3) is 0.353. The van der Waals surface area contributed by atoms with Crippen LogP contribution < -0.4 is 5.32 Å². The molecule has 0 aliphatic carbocycles. The summed E-state index contributed by atoms with van der Waals surface area (Å²) >= 11 is 4.95. The first kappa shape index (κ1) is 15.7. The average Bonchev–Trinajstić information content (AvgIpc) is 3.20. The maximum atomic E-state index is 12.3. The molecular formula is C17H18BrNO2S. The molecule has 1 aliphatic rings. The van der Waals surface area contributed by atoms with Crippen LogP contribution in [0.3, 0.4) is 0 Å². The number of thiophene rings is 1. The SMILES string of the molecule is CC(NC(=O)c1ccc(-c2ccc(Br)cc2)s1)C1CCCO1. The minimum Gasteiger partial charge on any atom is -0.376 e. The third kappa shape index (κ3) is 3.59. The van der Waals surface area contributed by atoms with E-state index >= 15 is 0 Å². The lowest BCUT2D eigenvalue weighted by Crippen LogP contribution is -2.40. The van der Waals surface area contributed by atoms with Crippen LogP contribution in [0.2, 0.25) is 0 Å². The van der Waals surface area contributed by atoms with Crippen LogP contribution >= 0.6 is 27.3 Å². The van der Waals surface area contributed by atoms with E-state index in [-0.39, 0.29) is 18.1 Å². The van der Waals surface area contributed by atoms with Gasteiger partial charge in [0.25, 0.3) is 5.91 Å². The van der Waals surface area contributed by atoms with Crippen LogP contribution in [0.15, 0.2) is 40.9 Å². The van der Waals surface area contributed by atoms with Gasteiger partial charge in [-0.3, -0.25) is 4.79 Å². The predicted molar refractivity (Wildman–Crippen MR) is 93.4 cm³/mol. The van der Waals surface area contributed by atoms with E-state index in [0.717, 1.165) is 39.2 Å². The summed E-state index contributed by atoms with van der Waals surface area (Å²) in [7, 11) is 0. The van der Waals surface area contributed by atoms with Gasteiger partial charge in [0.05, 0.1) is 17.0 Å². The van der Waals surface area contributed by atoms with Gasteiger partial charge in [-0.25, -0.2) is 0 Å². The molecule has 0 radical (unpaired) electrons. The summed E-state index contributed by atoms with van der Waals surface area (Å²) in [5.41, 5.74) is 1.12. The Morgan fingerprint density at radius 3 is 2.77 bits per heavy atom. The van der Waals surface area contributed by atoms with Crippen molar-refractivity contribution in [1.29, 1.82) is 0 Å². The van der Waals surface area contributed by atoms with Crippen molar-refractivity contribution in [1.82, 2.24) is 5.32 Å². The van der Waals surface area contributed by atoms with Crippen LogP contribution in [0, 0.1) is 0 Å². The van der Waals surface area contributed by atoms with Crippen LogP contribution in [-0.2, 0) is 4.74 Å². The van der Waals surface area contributed by atoms with E-state index in [0.29, 0.717) is 0 Å². The molecule has 22 heavy (non-hydrogen) atoms. The highest BCUT2D eigenvalue weighted by molar-refractivity contribution is 9.10. The van der Waals surface area contributed by atoms with E-state index in [1.807, 2.05) is 43.3 Å². The Kier molecular flexibility index (Phi) is 4.96. The number of benzene rings is 1. The standard InChI is InChI=1S/C17H18BrNO2S/c1-11(14-3-2-10-21-14)19-17(20)16-9-8-15(22-16)12-4-6-13(18)7-5-12/h4-9,11,14H,2-3,10H2,1H3,(H,19,20). The molecule has 0 spiro atoms. The molecule has 0 bridgehead atoms. The van der Waals surface area contributed by atoms with Crippen LogP contribution in [0.25, 0.3) is 10.4 Å². The summed E-state index contributed by atoms with van der Waals surface area (Å²) < 4.78 is 6.67. The molecule has 2 aromatic rings. The first-order valence-corrected chi connectivity index (χ1v) is 9.02. The van der Waals surface area contributed by atoms with Crippen molar-refractivity contribution in [3.05, 3.63) is 45.7 Å². The Morgan fingerprint density at radius 1 is 1.32 bits per heavy atom. The minimum atomic E-state index is -0.0173. The number of carbonyl (C=O) groups excluding carboxylic acids is 1. The lowest BCUT2D eigenvalue weighted by molar-refractivity contribution is 0.0714. The predicted octanol–water partition coefficient (Wildman–Crippen LogP) is 4.47. The summed E-state index contributed by atoms with van der Waals surface area (Å²) in [6.45, 7) is 2.81. The number of halogens is 1. The van der Waals surface area contributed by atoms with Gasteiger partial charge in [0.15, 0.2) is 0 Å². The Hall–Kier alpha value is -1.17. The minimum absolute atomic E-state index is 0.0173. The van der Waals surface area contributed by atoms with Crippen molar-refractivity contribution in [3.63, 3.8) is 0 Å². The summed E-state index contributed by atoms with van der Waals surface area (Å²) in [5.74, 6) is -0.0173. The van der Waals surface area contributed by atoms with Crippen LogP contribution in [0.5, 0.6) is 0 Å². The zero-order chi connectivity index (χ0) is 15.5. The normalized spacial score (nSPS) is 19.1. The lowest BCUT2D eigenvalue weighted by Gasteiger charge is -2.19. The molecule has 1 saturated heterocycles. The van der Waals surface area contributed by atoms with Crippen LogP contribution in [-0.4, -0.2) is 24.7 Å². The molecule has 2 heterocycles. The van der Waals surface area contributed by atoms with Crippen molar-refractivity contribution in [2.45, 2.75) is 31.9 Å². The number of hydrogen-bond donors (Lipinski definition) is 1. The van der Waals surface area contributed by atoms with Gasteiger partial charge in [0, 0.05) is 16.0 Å². The van der Waals surface area contributed by atoms with Crippen molar-refractivity contribution in [2.75, 3.05) is 6.61 Å². The van der Waals surface area contributed by atoms with Gasteiger partial charge in [-0.05, 0) is 49.6 Å². The quantitative estimate of drug-likeness (QED) is 0.850. The third-order valence-electron chi connectivity index (χ3n) is 3.84. The van der Waals surface area contributed by atoms with Crippen molar-refractivity contribution in [2.24, 2.45) is 0 Å². The largest absolute Gasteiger partial charge is 0.376 e. The van der Waals surface area contributed by atoms with Gasteiger partial charge >= 0.3 is 0 Å². The fourth-order valence-electron chi connectivity index (χ4n) is 2.60. The molecule has 5 heteroatoms. The monoisotopic (exact) mass is 379 g/mol. The molecule has 1 amide bonds. The van der Waals surface area contributed by atoms with Gasteiger partial charge in [0.1, 0.15) is 0 Å². The van der Waals surface area contributed by atoms with E-state index in [1.165, 1.54) is 11.3 Å². The zero-order valence-electron chi connectivity index (χ0n) is 12.3. The zero-order valence-corrected chi connectivity index (χ0v) is 14.7.